The first kappa shape index (κ1) is 22.4. The lowest BCUT2D eigenvalue weighted by Crippen LogP contribution is -2.19. The molecule has 0 aliphatic rings. The average Bonchev–Trinajstić information content (AvgIpc) is 2.81. The highest BCUT2D eigenvalue weighted by Crippen LogP contribution is 2.22. The fourth-order valence-electron chi connectivity index (χ4n) is 2.89. The van der Waals surface area contributed by atoms with Gasteiger partial charge in [-0.05, 0) is 48.5 Å². The van der Waals surface area contributed by atoms with Crippen LogP contribution < -0.4 is 26.0 Å². The highest BCUT2D eigenvalue weighted by atomic mass is 19.3. The van der Waals surface area contributed by atoms with E-state index in [9.17, 15) is 13.6 Å². The summed E-state index contributed by atoms with van der Waals surface area (Å²) < 4.78 is 29.0. The van der Waals surface area contributed by atoms with Crippen LogP contribution in [-0.2, 0) is 0 Å². The molecule has 0 fully saturated rings. The quantitative estimate of drug-likeness (QED) is 0.269. The summed E-state index contributed by atoms with van der Waals surface area (Å²) in [5.41, 5.74) is 1.58. The largest absolute Gasteiger partial charge is 0.435 e. The zero-order valence-electron chi connectivity index (χ0n) is 17.6. The number of carbonyl (C=O) groups is 1. The molecular formula is C23H19F2N7O2. The van der Waals surface area contributed by atoms with Crippen molar-refractivity contribution in [1.29, 1.82) is 0 Å². The second kappa shape index (κ2) is 10.7. The van der Waals surface area contributed by atoms with Gasteiger partial charge in [-0.2, -0.15) is 8.78 Å². The Morgan fingerprint density at radius 3 is 2.21 bits per heavy atom. The van der Waals surface area contributed by atoms with Gasteiger partial charge in [0.05, 0.1) is 0 Å². The molecule has 0 bridgehead atoms. The maximum absolute atomic E-state index is 12.3. The van der Waals surface area contributed by atoms with Gasteiger partial charge in [0.15, 0.2) is 0 Å². The third-order valence-electron chi connectivity index (χ3n) is 4.32. The van der Waals surface area contributed by atoms with Crippen molar-refractivity contribution < 1.29 is 18.3 Å². The number of ether oxygens (including phenoxy) is 1. The minimum atomic E-state index is -2.94. The van der Waals surface area contributed by atoms with Crippen molar-refractivity contribution in [1.82, 2.24) is 15.0 Å². The molecule has 0 saturated carbocycles. The number of alkyl halides is 2. The van der Waals surface area contributed by atoms with Gasteiger partial charge in [0.1, 0.15) is 29.5 Å². The van der Waals surface area contributed by atoms with E-state index in [1.54, 1.807) is 42.6 Å². The van der Waals surface area contributed by atoms with Crippen LogP contribution in [0.5, 0.6) is 5.75 Å². The van der Waals surface area contributed by atoms with Gasteiger partial charge in [0, 0.05) is 35.4 Å². The number of nitrogens with one attached hydrogen (secondary N) is 4. The summed E-state index contributed by atoms with van der Waals surface area (Å²) in [5.74, 6) is 1.76. The maximum Gasteiger partial charge on any atom is 0.387 e. The van der Waals surface area contributed by atoms with E-state index in [2.05, 4.69) is 41.0 Å². The Morgan fingerprint density at radius 1 is 0.735 bits per heavy atom. The first-order valence-corrected chi connectivity index (χ1v) is 10.0. The molecule has 4 N–H and O–H groups in total. The van der Waals surface area contributed by atoms with Crippen LogP contribution in [0.1, 0.15) is 0 Å². The summed E-state index contributed by atoms with van der Waals surface area (Å²) >= 11 is 0. The first-order valence-electron chi connectivity index (χ1n) is 10.0. The van der Waals surface area contributed by atoms with Crippen LogP contribution in [0.2, 0.25) is 0 Å². The van der Waals surface area contributed by atoms with Gasteiger partial charge < -0.3 is 26.0 Å². The van der Waals surface area contributed by atoms with E-state index in [0.717, 1.165) is 5.69 Å². The van der Waals surface area contributed by atoms with Gasteiger partial charge in [-0.1, -0.05) is 12.1 Å². The normalized spacial score (nSPS) is 10.4. The molecule has 0 atom stereocenters. The van der Waals surface area contributed by atoms with Crippen molar-refractivity contribution in [3.8, 4) is 5.75 Å². The van der Waals surface area contributed by atoms with Crippen LogP contribution in [-0.4, -0.2) is 27.6 Å². The Bertz CT molecular complexity index is 1240. The summed E-state index contributed by atoms with van der Waals surface area (Å²) in [6.45, 7) is -2.94. The van der Waals surface area contributed by atoms with Crippen molar-refractivity contribution in [2.45, 2.75) is 6.61 Å². The number of nitrogens with zero attached hydrogens (tertiary/aromatic N) is 3. The van der Waals surface area contributed by atoms with Gasteiger partial charge in [0.2, 0.25) is 0 Å². The van der Waals surface area contributed by atoms with Crippen molar-refractivity contribution in [3.63, 3.8) is 0 Å². The third-order valence-corrected chi connectivity index (χ3v) is 4.32. The predicted octanol–water partition coefficient (Wildman–Crippen LogP) is 5.60. The van der Waals surface area contributed by atoms with E-state index in [4.69, 9.17) is 0 Å². The minimum absolute atomic E-state index is 0.0497. The van der Waals surface area contributed by atoms with Crippen LogP contribution in [0.15, 0.2) is 85.3 Å². The molecule has 4 aromatic rings. The molecule has 4 rings (SSSR count). The molecule has 0 saturated heterocycles. The fraction of sp³-hybridized carbons (Fsp3) is 0.0435. The van der Waals surface area contributed by atoms with Crippen molar-refractivity contribution in [2.75, 3.05) is 21.3 Å². The third kappa shape index (κ3) is 6.60. The van der Waals surface area contributed by atoms with Gasteiger partial charge in [-0.3, -0.25) is 0 Å². The number of urea groups is 1. The molecule has 2 amide bonds. The summed E-state index contributed by atoms with van der Waals surface area (Å²) in [6, 6.07) is 19.4. The standard InChI is InChI=1S/C23H19F2N7O2/c24-22(25)34-18-5-3-4-17(12-18)31-23(33)30-16-9-7-15(8-10-16)29-20-13-21(28-14-27-20)32-19-6-1-2-11-26-19/h1-14,22H,(H2,30,31,33)(H2,26,27,28,29,32). The molecular weight excluding hydrogens is 444 g/mol. The molecule has 34 heavy (non-hydrogen) atoms. The van der Waals surface area contributed by atoms with Gasteiger partial charge in [-0.15, -0.1) is 0 Å². The smallest absolute Gasteiger partial charge is 0.387 e. The number of anilines is 6. The first-order chi connectivity index (χ1) is 16.5. The summed E-state index contributed by atoms with van der Waals surface area (Å²) in [6.07, 6.45) is 3.10. The number of rotatable bonds is 8. The Kier molecular flexibility index (Phi) is 7.03. The summed E-state index contributed by atoms with van der Waals surface area (Å²) in [5, 5.41) is 11.5. The molecule has 9 nitrogen and oxygen atoms in total. The summed E-state index contributed by atoms with van der Waals surface area (Å²) in [7, 11) is 0. The van der Waals surface area contributed by atoms with Crippen LogP contribution in [0.25, 0.3) is 0 Å². The van der Waals surface area contributed by atoms with Crippen molar-refractivity contribution >= 4 is 40.5 Å². The number of benzene rings is 2. The van der Waals surface area contributed by atoms with E-state index >= 15 is 0 Å². The number of pyridine rings is 1. The highest BCUT2D eigenvalue weighted by Gasteiger charge is 2.07. The maximum atomic E-state index is 12.3. The lowest BCUT2D eigenvalue weighted by atomic mass is 10.2. The second-order valence-corrected chi connectivity index (χ2v) is 6.82. The Hall–Kier alpha value is -4.80. The topological polar surface area (TPSA) is 113 Å². The van der Waals surface area contributed by atoms with Crippen LogP contribution in [0, 0.1) is 0 Å². The minimum Gasteiger partial charge on any atom is -0.435 e. The van der Waals surface area contributed by atoms with Crippen LogP contribution >= 0.6 is 0 Å². The number of aromatic nitrogens is 3. The molecule has 0 aliphatic heterocycles. The van der Waals surface area contributed by atoms with Gasteiger partial charge >= 0.3 is 12.6 Å². The van der Waals surface area contributed by atoms with E-state index in [-0.39, 0.29) is 5.75 Å². The highest BCUT2D eigenvalue weighted by molar-refractivity contribution is 5.99. The molecule has 0 spiro atoms. The number of hydrogen-bond donors (Lipinski definition) is 4. The van der Waals surface area contributed by atoms with Gasteiger partial charge in [0.25, 0.3) is 0 Å². The van der Waals surface area contributed by atoms with E-state index in [1.165, 1.54) is 24.5 Å². The molecule has 2 heterocycles. The Labute approximate surface area is 193 Å². The lowest BCUT2D eigenvalue weighted by molar-refractivity contribution is -0.0498. The SMILES string of the molecule is O=C(Nc1ccc(Nc2cc(Nc3ccccn3)ncn2)cc1)Nc1cccc(OC(F)F)c1. The Balaban J connectivity index is 1.33. The number of amides is 2. The van der Waals surface area contributed by atoms with E-state index < -0.39 is 12.6 Å². The molecule has 2 aromatic carbocycles. The van der Waals surface area contributed by atoms with Crippen molar-refractivity contribution in [2.24, 2.45) is 0 Å². The molecule has 0 unspecified atom stereocenters. The van der Waals surface area contributed by atoms with Crippen LogP contribution in [0.3, 0.4) is 0 Å². The lowest BCUT2D eigenvalue weighted by Gasteiger charge is -2.11. The predicted molar refractivity (Wildman–Crippen MR) is 125 cm³/mol. The molecule has 172 valence electrons. The van der Waals surface area contributed by atoms with Gasteiger partial charge in [-0.25, -0.2) is 19.7 Å². The summed E-state index contributed by atoms with van der Waals surface area (Å²) in [4.78, 5) is 24.8. The Morgan fingerprint density at radius 2 is 1.47 bits per heavy atom. The van der Waals surface area contributed by atoms with Crippen LogP contribution in [0.4, 0.5) is 48.1 Å². The molecule has 2 aromatic heterocycles. The zero-order chi connectivity index (χ0) is 23.8. The monoisotopic (exact) mass is 463 g/mol. The van der Waals surface area contributed by atoms with E-state index in [1.807, 2.05) is 18.2 Å². The molecule has 0 aliphatic carbocycles. The average molecular weight is 463 g/mol. The van der Waals surface area contributed by atoms with E-state index in [0.29, 0.717) is 28.8 Å². The zero-order valence-corrected chi connectivity index (χ0v) is 17.6. The second-order valence-electron chi connectivity index (χ2n) is 6.82. The van der Waals surface area contributed by atoms with Crippen molar-refractivity contribution in [3.05, 3.63) is 85.3 Å². The molecule has 11 heteroatoms. The molecule has 0 radical (unpaired) electrons. The fourth-order valence-corrected chi connectivity index (χ4v) is 2.89. The number of hydrogen-bond acceptors (Lipinski definition) is 7. The number of halogens is 2. The number of carbonyl (C=O) groups excluding carboxylic acids is 1.